The number of aliphatic hydroxyl groups is 4. The normalized spacial score (nSPS) is 22.7. The van der Waals surface area contributed by atoms with E-state index in [1.807, 2.05) is 20.8 Å². The second-order valence-electron chi connectivity index (χ2n) is 37.1. The molecule has 1 saturated carbocycles. The summed E-state index contributed by atoms with van der Waals surface area (Å²) in [7, 11) is 0.864. The van der Waals surface area contributed by atoms with E-state index in [9.17, 15) is 105 Å². The number of carboxylic acid groups (broad SMARTS) is 2. The van der Waals surface area contributed by atoms with Crippen molar-refractivity contribution in [3.8, 4) is 0 Å². The zero-order chi connectivity index (χ0) is 97.1. The molecule has 6 fully saturated rings. The van der Waals surface area contributed by atoms with E-state index < -0.39 is 205 Å². The van der Waals surface area contributed by atoms with Crippen LogP contribution in [0.3, 0.4) is 0 Å². The van der Waals surface area contributed by atoms with Crippen LogP contribution in [-0.2, 0) is 78.4 Å². The van der Waals surface area contributed by atoms with Gasteiger partial charge in [0.1, 0.15) is 64.0 Å². The van der Waals surface area contributed by atoms with Crippen LogP contribution in [0.25, 0.3) is 0 Å². The van der Waals surface area contributed by atoms with Crippen LogP contribution in [0.1, 0.15) is 207 Å². The molecule has 1 aliphatic carbocycles. The molecule has 0 bridgehead atoms. The Hall–Kier alpha value is -8.46. The summed E-state index contributed by atoms with van der Waals surface area (Å²) in [5.74, 6) is -5.12. The van der Waals surface area contributed by atoms with Gasteiger partial charge >= 0.3 is 96.4 Å². The van der Waals surface area contributed by atoms with E-state index in [4.69, 9.17) is 69.2 Å². The Balaban J connectivity index is 0.000000839. The van der Waals surface area contributed by atoms with Crippen molar-refractivity contribution in [3.05, 3.63) is 91.1 Å². The first-order valence-electron chi connectivity index (χ1n) is 39.4. The van der Waals surface area contributed by atoms with Gasteiger partial charge in [0.2, 0.25) is 5.91 Å². The predicted octanol–water partition coefficient (Wildman–Crippen LogP) is 5.30. The SMILES string of the molecule is CC(C)(C)OC(=O)N1C[C@@](O)(C(F)(F)F)C[C@@H]1C(=O)Nc1cc(C(CCC2CC2)(N[S@](=O)C(C)(C)C)c2ccncc2)ccc1F.CC(C)(C)OC(=O)N1C[C@](C)(O)C[C@@H]1C(=O)O.CC(C)(C)OC(=O)N1C[C@](C)(O)C[C@@H]1C(=O)O.COC(=O)[C@H]1CC(=O)CN1C(=O)OC(C)(C)C.COC(=O)[C@H]1C[C@@H](O)CN1C(=O)OC(C)(C)C.Cl.O=c1n(Cl)c(=O)n(Cl)c(=O)n1Cl.[Li+].[OH-]. The van der Waals surface area contributed by atoms with Gasteiger partial charge in [0.05, 0.1) is 91.2 Å². The summed E-state index contributed by atoms with van der Waals surface area (Å²) in [4.78, 5) is 171. The number of halogens is 8. The molecule has 0 spiro atoms. The molecule has 5 aliphatic heterocycles. The maximum atomic E-state index is 15.4. The average molecular weight is 1940 g/mol. The number of benzene rings is 1. The number of likely N-dealkylation sites (tertiary alicyclic amines) is 5. The fourth-order valence-electron chi connectivity index (χ4n) is 12.7. The van der Waals surface area contributed by atoms with Gasteiger partial charge in [-0.1, -0.05) is 18.9 Å². The number of ketones is 1. The van der Waals surface area contributed by atoms with Gasteiger partial charge in [-0.05, 0) is 193 Å². The van der Waals surface area contributed by atoms with Gasteiger partial charge in [-0.2, -0.15) is 13.2 Å². The van der Waals surface area contributed by atoms with Crippen LogP contribution >= 0.6 is 47.7 Å². The summed E-state index contributed by atoms with van der Waals surface area (Å²) in [5, 5.41) is 60.0. The number of ether oxygens (including phenoxy) is 7. The smallest absolute Gasteiger partial charge is 0.870 e. The number of pyridine rings is 1. The van der Waals surface area contributed by atoms with Crippen LogP contribution < -0.4 is 46.0 Å². The molecule has 0 radical (unpaired) electrons. The molecule has 2 aromatic heterocycles. The first-order chi connectivity index (χ1) is 57.1. The second kappa shape index (κ2) is 46.3. The maximum absolute atomic E-state index is 15.4. The van der Waals surface area contributed by atoms with E-state index in [-0.39, 0.29) is 112 Å². The second-order valence-corrected chi connectivity index (χ2v) is 40.1. The molecule has 50 heteroatoms. The molecule has 6 amide bonds. The monoisotopic (exact) mass is 1940 g/mol. The number of anilines is 1. The molecule has 129 heavy (non-hydrogen) atoms. The van der Waals surface area contributed by atoms with Gasteiger partial charge in [0.25, 0.3) is 0 Å². The van der Waals surface area contributed by atoms with E-state index in [1.165, 1.54) is 65.9 Å². The molecule has 9 rings (SSSR count). The number of amides is 6. The number of hydrogen-bond donors (Lipinski definition) is 8. The number of alkyl halides is 3. The van der Waals surface area contributed by atoms with E-state index >= 15 is 4.39 Å². The number of β-amino-alcohol motifs (C(OH)–C–C–N with tert-alkyl or cyclic N) is 4. The number of nitrogens with zero attached hydrogens (tertiary/aromatic N) is 9. The van der Waals surface area contributed by atoms with E-state index in [0.29, 0.717) is 28.4 Å². The molecule has 726 valence electrons. The number of carboxylic acids is 2. The number of carbonyl (C=O) groups is 11. The number of Topliss-reactive ketones (excluding diaryl/α,β-unsaturated/α-hetero) is 1. The van der Waals surface area contributed by atoms with Crippen LogP contribution in [0.5, 0.6) is 0 Å². The van der Waals surface area contributed by atoms with Crippen LogP contribution in [0, 0.1) is 11.7 Å². The number of nitrogens with one attached hydrogen (secondary N) is 2. The summed E-state index contributed by atoms with van der Waals surface area (Å²) in [6.45, 7) is 32.3. The Labute approximate surface area is 778 Å². The van der Waals surface area contributed by atoms with Crippen LogP contribution in [0.2, 0.25) is 0 Å². The standard InChI is InChI=1S/C32H42F4N4O5S.3C11H19NO5.C11H17NO5.C3Cl3N3O3.ClH.Li.H2O/c1-28(2,3)45-27(42)40-19-30(43,32(34,35)36)18-25(40)26(41)38-24-17-22(9-10-23(24)33)31(14-11-20-7-8-20,21-12-15-37-16-13-21)39-46(44)29(4,5)6;2*1-10(2,3)17-9(15)12-6-11(4,16)5-7(12)8(13)14;2*1-11(2,3)17-10(15)12-6-7(13)5-8(12)9(14)16-4;4-7-1(10)8(5)3(12)9(6)2(7)11;;;/h9-10,12-13,15-17,20,25,39,43H,7-8,11,14,18-19H2,1-6H3,(H,38,41);2*7,16H,5-6H2,1-4H3,(H,13,14);7-8,13H,5-6H2,1-4H3;8H,5-6H2,1-4H3;;1H;;1H2/q;;;;;;;+1;/p-1/t25-,30-,31?,46-;2*7-,11-;7-,8-;8-;;;;/m11111..../s1. The van der Waals surface area contributed by atoms with Gasteiger partial charge < -0.3 is 74.6 Å². The third-order valence-corrected chi connectivity index (χ3v) is 21.1. The molecule has 1 unspecified atom stereocenters. The fourth-order valence-corrected chi connectivity index (χ4v) is 14.2. The number of aliphatic carboxylic acids is 2. The van der Waals surface area contributed by atoms with Crippen molar-refractivity contribution >= 4 is 130 Å². The quantitative estimate of drug-likeness (QED) is 0.0465. The number of aromatic nitrogens is 4. The summed E-state index contributed by atoms with van der Waals surface area (Å²) in [6.07, 6.45) is -4.24. The molecule has 3 aromatic rings. The molecule has 11 atom stereocenters. The van der Waals surface area contributed by atoms with Gasteiger partial charge in [-0.3, -0.25) is 39.1 Å². The van der Waals surface area contributed by atoms with Crippen molar-refractivity contribution in [2.24, 2.45) is 5.92 Å². The first kappa shape index (κ1) is 119. The van der Waals surface area contributed by atoms with Crippen molar-refractivity contribution in [1.29, 1.82) is 0 Å². The molecule has 1 aromatic carbocycles. The molecule has 5 saturated heterocycles. The minimum Gasteiger partial charge on any atom is -0.870 e. The molecular weight excluding hydrogens is 1820 g/mol. The predicted molar refractivity (Wildman–Crippen MR) is 454 cm³/mol. The van der Waals surface area contributed by atoms with Crippen molar-refractivity contribution < 1.29 is 163 Å². The third kappa shape index (κ3) is 35.2. The number of rotatable bonds is 13. The molecule has 40 nitrogen and oxygen atoms in total. The minimum absolute atomic E-state index is 0. The van der Waals surface area contributed by atoms with Crippen LogP contribution in [-0.4, -0.2) is 287 Å². The fraction of sp³-hybridized carbons (Fsp3) is 0.684. The van der Waals surface area contributed by atoms with Crippen molar-refractivity contribution in [3.63, 3.8) is 0 Å². The zero-order valence-electron chi connectivity index (χ0n) is 76.1. The number of hydrogen-bond acceptors (Lipinski definition) is 28. The molecule has 9 N–H and O–H groups in total. The van der Waals surface area contributed by atoms with Gasteiger partial charge in [-0.25, -0.2) is 70.9 Å². The van der Waals surface area contributed by atoms with Gasteiger partial charge in [-0.15, -0.1) is 24.7 Å². The van der Waals surface area contributed by atoms with E-state index in [1.54, 1.807) is 108 Å². The summed E-state index contributed by atoms with van der Waals surface area (Å²) in [6, 6.07) is 2.01. The summed E-state index contributed by atoms with van der Waals surface area (Å²) < 4.78 is 108. The molecule has 7 heterocycles. The van der Waals surface area contributed by atoms with Crippen LogP contribution in [0.4, 0.5) is 47.2 Å². The molecule has 6 aliphatic rings. The average Bonchev–Trinajstić information content (AvgIpc) is 1.74. The van der Waals surface area contributed by atoms with E-state index in [0.717, 1.165) is 40.0 Å². The van der Waals surface area contributed by atoms with Crippen molar-refractivity contribution in [2.45, 2.75) is 294 Å². The Morgan fingerprint density at radius 2 is 0.922 bits per heavy atom. The van der Waals surface area contributed by atoms with Gasteiger partial charge in [0.15, 0.2) is 11.4 Å². The Morgan fingerprint density at radius 3 is 1.28 bits per heavy atom. The van der Waals surface area contributed by atoms with Crippen molar-refractivity contribution in [1.82, 2.24) is 46.5 Å². The largest absolute Gasteiger partial charge is 1.00 e. The number of methoxy groups -OCH3 is 2. The Bertz CT molecular complexity index is 4500. The van der Waals surface area contributed by atoms with Crippen LogP contribution in [0.15, 0.2) is 57.1 Å². The third-order valence-electron chi connectivity index (χ3n) is 18.6. The summed E-state index contributed by atoms with van der Waals surface area (Å²) >= 11 is 15.3. The maximum Gasteiger partial charge on any atom is 1.00 e. The van der Waals surface area contributed by atoms with Crippen molar-refractivity contribution in [2.75, 3.05) is 52.3 Å². The zero-order valence-corrected chi connectivity index (χ0v) is 80.0. The number of aliphatic hydroxyl groups excluding tert-OH is 1. The number of carbonyl (C=O) groups excluding carboxylic acids is 9. The summed E-state index contributed by atoms with van der Waals surface area (Å²) in [5.41, 5.74) is -13.3. The minimum atomic E-state index is -5.16. The first-order valence-corrected chi connectivity index (χ1v) is 41.5. The topological polar surface area (TPSA) is 540 Å². The molecular formula is C79H118Cl4F4LiN11O29S. The van der Waals surface area contributed by atoms with Gasteiger partial charge in [0, 0.05) is 79.8 Å². The van der Waals surface area contributed by atoms with E-state index in [2.05, 4.69) is 24.5 Å². The Kier molecular flexibility index (Phi) is 42.5. The Morgan fingerprint density at radius 1 is 0.550 bits per heavy atom. The number of esters is 2.